The van der Waals surface area contributed by atoms with E-state index in [2.05, 4.69) is 34.2 Å². The van der Waals surface area contributed by atoms with Crippen molar-refractivity contribution >= 4 is 55.2 Å². The SMILES string of the molecule is Cc1c(F)ccc2c(-c3ccc4ccc(Cc5ccc6ccc(-c7c[nH]c8c(C)c(F)ccc78)nc6c5Cl)cc4n3)c[nH]c12. The van der Waals surface area contributed by atoms with Crippen molar-refractivity contribution in [2.45, 2.75) is 20.3 Å². The lowest BCUT2D eigenvalue weighted by Gasteiger charge is -2.10. The van der Waals surface area contributed by atoms with Crippen molar-refractivity contribution < 1.29 is 8.78 Å². The van der Waals surface area contributed by atoms with E-state index in [9.17, 15) is 8.78 Å². The number of fused-ring (bicyclic) bond motifs is 4. The summed E-state index contributed by atoms with van der Waals surface area (Å²) < 4.78 is 28.2. The Morgan fingerprint density at radius 1 is 0.659 bits per heavy atom. The molecule has 0 aliphatic rings. The Balaban J connectivity index is 1.15. The van der Waals surface area contributed by atoms with E-state index in [4.69, 9.17) is 21.6 Å². The van der Waals surface area contributed by atoms with Crippen molar-refractivity contribution in [2.24, 2.45) is 0 Å². The molecule has 7 heteroatoms. The Morgan fingerprint density at radius 2 is 1.23 bits per heavy atom. The number of benzene rings is 4. The highest BCUT2D eigenvalue weighted by molar-refractivity contribution is 6.36. The molecule has 0 fully saturated rings. The van der Waals surface area contributed by atoms with Crippen LogP contribution >= 0.6 is 11.6 Å². The molecule has 0 unspecified atom stereocenters. The molecule has 0 atom stereocenters. The monoisotopic (exact) mass is 598 g/mol. The Morgan fingerprint density at radius 3 is 1.89 bits per heavy atom. The molecule has 0 aliphatic carbocycles. The molecule has 2 N–H and O–H groups in total. The van der Waals surface area contributed by atoms with Crippen LogP contribution in [0, 0.1) is 25.5 Å². The van der Waals surface area contributed by atoms with Crippen LogP contribution in [0.1, 0.15) is 22.3 Å². The fourth-order valence-electron chi connectivity index (χ4n) is 6.19. The van der Waals surface area contributed by atoms with Gasteiger partial charge in [0.1, 0.15) is 11.6 Å². The lowest BCUT2D eigenvalue weighted by Crippen LogP contribution is -1.94. The Bertz CT molecular complexity index is 2440. The summed E-state index contributed by atoms with van der Waals surface area (Å²) in [7, 11) is 0. The molecule has 0 radical (unpaired) electrons. The van der Waals surface area contributed by atoms with E-state index in [0.29, 0.717) is 22.6 Å². The number of hydrogen-bond donors (Lipinski definition) is 2. The van der Waals surface area contributed by atoms with Crippen LogP contribution in [-0.4, -0.2) is 19.9 Å². The molecule has 0 spiro atoms. The van der Waals surface area contributed by atoms with Crippen LogP contribution < -0.4 is 0 Å². The van der Waals surface area contributed by atoms with Gasteiger partial charge in [0.05, 0.1) is 38.5 Å². The summed E-state index contributed by atoms with van der Waals surface area (Å²) in [4.78, 5) is 16.4. The van der Waals surface area contributed by atoms with Gasteiger partial charge in [-0.05, 0) is 73.9 Å². The van der Waals surface area contributed by atoms with Gasteiger partial charge in [0.2, 0.25) is 0 Å². The number of pyridine rings is 2. The van der Waals surface area contributed by atoms with Crippen LogP contribution in [0.25, 0.3) is 66.1 Å². The molecule has 0 amide bonds. The van der Waals surface area contributed by atoms with Crippen molar-refractivity contribution in [1.29, 1.82) is 0 Å². The standard InChI is InChI=1S/C37H25ClF2N4/c1-19-29(39)11-9-25-27(17-41-35(19)25)31-13-7-22-4-3-21(16-33(22)43-31)15-24-6-5-23-8-14-32(44-37(23)34(24)38)28-18-42-36-20(2)30(40)12-10-26(28)36/h3-14,16-18,41-42H,15H2,1-2H3. The highest BCUT2D eigenvalue weighted by Crippen LogP contribution is 2.35. The molecule has 4 heterocycles. The first-order chi connectivity index (χ1) is 21.4. The van der Waals surface area contributed by atoms with E-state index in [0.717, 1.165) is 77.3 Å². The van der Waals surface area contributed by atoms with E-state index in [1.807, 2.05) is 42.7 Å². The third-order valence-electron chi connectivity index (χ3n) is 8.68. The van der Waals surface area contributed by atoms with Gasteiger partial charge in [-0.15, -0.1) is 0 Å². The fraction of sp³-hybridized carbons (Fsp3) is 0.0811. The number of aromatic amines is 2. The zero-order valence-corrected chi connectivity index (χ0v) is 24.7. The second-order valence-corrected chi connectivity index (χ2v) is 11.7. The molecule has 4 aromatic heterocycles. The first-order valence-electron chi connectivity index (χ1n) is 14.4. The highest BCUT2D eigenvalue weighted by atomic mass is 35.5. The van der Waals surface area contributed by atoms with Gasteiger partial charge in [0.15, 0.2) is 0 Å². The van der Waals surface area contributed by atoms with Crippen LogP contribution in [0.15, 0.2) is 91.3 Å². The summed E-state index contributed by atoms with van der Waals surface area (Å²) in [6.45, 7) is 3.54. The van der Waals surface area contributed by atoms with E-state index < -0.39 is 0 Å². The van der Waals surface area contributed by atoms with Crippen LogP contribution in [0.4, 0.5) is 8.78 Å². The second-order valence-electron chi connectivity index (χ2n) is 11.3. The van der Waals surface area contributed by atoms with E-state index in [-0.39, 0.29) is 11.6 Å². The van der Waals surface area contributed by atoms with Crippen molar-refractivity contribution in [3.05, 3.63) is 130 Å². The lowest BCUT2D eigenvalue weighted by atomic mass is 10.0. The molecule has 4 aromatic carbocycles. The van der Waals surface area contributed by atoms with E-state index in [1.54, 1.807) is 26.0 Å². The summed E-state index contributed by atoms with van der Waals surface area (Å²) in [5.41, 5.74) is 9.79. The number of hydrogen-bond acceptors (Lipinski definition) is 2. The van der Waals surface area contributed by atoms with Crippen molar-refractivity contribution in [1.82, 2.24) is 19.9 Å². The number of nitrogens with zero attached hydrogens (tertiary/aromatic N) is 2. The smallest absolute Gasteiger partial charge is 0.128 e. The molecular formula is C37H25ClF2N4. The summed E-state index contributed by atoms with van der Waals surface area (Å²) in [5.74, 6) is -0.472. The van der Waals surface area contributed by atoms with Crippen molar-refractivity contribution in [3.63, 3.8) is 0 Å². The first-order valence-corrected chi connectivity index (χ1v) is 14.7. The molecule has 0 saturated heterocycles. The second kappa shape index (κ2) is 10.00. The van der Waals surface area contributed by atoms with Crippen molar-refractivity contribution in [3.8, 4) is 22.5 Å². The Hall–Kier alpha value is -5.07. The van der Waals surface area contributed by atoms with Crippen LogP contribution in [0.2, 0.25) is 5.02 Å². The maximum absolute atomic E-state index is 14.1. The third kappa shape index (κ3) is 4.17. The Labute approximate surface area is 256 Å². The molecule has 0 bridgehead atoms. The summed E-state index contributed by atoms with van der Waals surface area (Å²) in [6, 6.07) is 25.0. The van der Waals surface area contributed by atoms with Crippen LogP contribution in [0.3, 0.4) is 0 Å². The summed E-state index contributed by atoms with van der Waals surface area (Å²) >= 11 is 7.01. The van der Waals surface area contributed by atoms with Gasteiger partial charge in [-0.3, -0.25) is 0 Å². The van der Waals surface area contributed by atoms with Gasteiger partial charge < -0.3 is 9.97 Å². The van der Waals surface area contributed by atoms with Gasteiger partial charge in [0.25, 0.3) is 0 Å². The zero-order chi connectivity index (χ0) is 30.1. The van der Waals surface area contributed by atoms with Crippen molar-refractivity contribution in [2.75, 3.05) is 0 Å². The quantitative estimate of drug-likeness (QED) is 0.212. The summed E-state index contributed by atoms with van der Waals surface area (Å²) in [6.07, 6.45) is 4.37. The number of aromatic nitrogens is 4. The minimum atomic E-state index is -0.241. The minimum Gasteiger partial charge on any atom is -0.360 e. The zero-order valence-electron chi connectivity index (χ0n) is 23.9. The fourth-order valence-corrected chi connectivity index (χ4v) is 6.47. The van der Waals surface area contributed by atoms with Gasteiger partial charge in [-0.1, -0.05) is 48.0 Å². The average Bonchev–Trinajstić information content (AvgIpc) is 3.67. The Kier molecular flexibility index (Phi) is 6.03. The van der Waals surface area contributed by atoms with E-state index >= 15 is 0 Å². The minimum absolute atomic E-state index is 0.231. The molecular weight excluding hydrogens is 574 g/mol. The lowest BCUT2D eigenvalue weighted by molar-refractivity contribution is 0.620. The summed E-state index contributed by atoms with van der Waals surface area (Å²) in [5, 5.41) is 4.44. The molecule has 0 aliphatic heterocycles. The van der Waals surface area contributed by atoms with Crippen LogP contribution in [0.5, 0.6) is 0 Å². The number of H-pyrrole nitrogens is 2. The van der Waals surface area contributed by atoms with Gasteiger partial charge in [-0.25, -0.2) is 18.7 Å². The predicted octanol–water partition coefficient (Wildman–Crippen LogP) is 10.2. The third-order valence-corrected chi connectivity index (χ3v) is 9.10. The van der Waals surface area contributed by atoms with Crippen LogP contribution in [-0.2, 0) is 6.42 Å². The number of nitrogens with one attached hydrogen (secondary N) is 2. The maximum Gasteiger partial charge on any atom is 0.128 e. The van der Waals surface area contributed by atoms with Gasteiger partial charge in [-0.2, -0.15) is 0 Å². The molecule has 0 saturated carbocycles. The first kappa shape index (κ1) is 26.5. The molecule has 4 nitrogen and oxygen atoms in total. The topological polar surface area (TPSA) is 57.4 Å². The van der Waals surface area contributed by atoms with Gasteiger partial charge >= 0.3 is 0 Å². The molecule has 44 heavy (non-hydrogen) atoms. The average molecular weight is 599 g/mol. The molecule has 8 rings (SSSR count). The number of aryl methyl sites for hydroxylation is 2. The maximum atomic E-state index is 14.1. The predicted molar refractivity (Wildman–Crippen MR) is 175 cm³/mol. The van der Waals surface area contributed by atoms with Gasteiger partial charge in [0, 0.05) is 56.2 Å². The normalized spacial score (nSPS) is 11.8. The number of rotatable bonds is 4. The highest BCUT2D eigenvalue weighted by Gasteiger charge is 2.15. The molecule has 8 aromatic rings. The van der Waals surface area contributed by atoms with E-state index in [1.165, 1.54) is 12.1 Å². The number of halogens is 3. The molecule has 214 valence electrons. The largest absolute Gasteiger partial charge is 0.360 e.